The zero-order chi connectivity index (χ0) is 6.08. The van der Waals surface area contributed by atoms with Gasteiger partial charge in [0, 0.05) is 0 Å². The highest BCUT2D eigenvalue weighted by Gasteiger charge is 2.29. The molecular weight excluding hydrogens is 289 g/mol. The fourth-order valence-corrected chi connectivity index (χ4v) is 0. The molecule has 0 atom stereocenters. The van der Waals surface area contributed by atoms with Gasteiger partial charge in [-0.25, -0.2) is 4.79 Å². The van der Waals surface area contributed by atoms with Crippen molar-refractivity contribution >= 4 is 64.7 Å². The van der Waals surface area contributed by atoms with E-state index in [1.165, 1.54) is 0 Å². The molecule has 8 heavy (non-hydrogen) atoms. The molecule has 2 nitrogen and oxygen atoms in total. The van der Waals surface area contributed by atoms with Gasteiger partial charge in [0.25, 0.3) is 3.79 Å². The van der Waals surface area contributed by atoms with Gasteiger partial charge >= 0.3 is 5.97 Å². The van der Waals surface area contributed by atoms with E-state index >= 15 is 0 Å². The van der Waals surface area contributed by atoms with E-state index in [-0.39, 0.29) is 24.0 Å². The lowest BCUT2D eigenvalue weighted by molar-refractivity contribution is -0.135. The third-order valence-electron chi connectivity index (χ3n) is 0.243. The quantitative estimate of drug-likeness (QED) is 0.548. The van der Waals surface area contributed by atoms with E-state index in [0.29, 0.717) is 0 Å². The fraction of sp³-hybridized carbons (Fsp3) is 0.500. The number of hydrogen-bond acceptors (Lipinski definition) is 1. The molecule has 0 aromatic carbocycles. The van der Waals surface area contributed by atoms with Crippen LogP contribution < -0.4 is 0 Å². The Labute approximate surface area is 78.1 Å². The molecule has 0 heterocycles. The summed E-state index contributed by atoms with van der Waals surface area (Å²) in [6, 6.07) is 0. The van der Waals surface area contributed by atoms with Gasteiger partial charge in [0.15, 0.2) is 0 Å². The van der Waals surface area contributed by atoms with Crippen molar-refractivity contribution in [2.45, 2.75) is 3.79 Å². The van der Waals surface area contributed by atoms with Gasteiger partial charge in [0.05, 0.1) is 0 Å². The molecule has 0 aliphatic carbocycles. The maximum absolute atomic E-state index is 9.62. The molecule has 50 valence electrons. The van der Waals surface area contributed by atoms with E-state index < -0.39 is 9.76 Å². The zero-order valence-electron chi connectivity index (χ0n) is 3.40. The molecule has 0 bridgehead atoms. The van der Waals surface area contributed by atoms with Crippen LogP contribution in [0.15, 0.2) is 0 Å². The Morgan fingerprint density at radius 2 is 1.50 bits per heavy atom. The van der Waals surface area contributed by atoms with Gasteiger partial charge in [0.2, 0.25) is 0 Å². The molecule has 0 spiro atoms. The van der Waals surface area contributed by atoms with E-state index in [4.69, 9.17) is 39.9 Å². The van der Waals surface area contributed by atoms with Crippen LogP contribution >= 0.6 is 58.8 Å². The molecule has 0 saturated heterocycles. The van der Waals surface area contributed by atoms with Crippen LogP contribution in [0, 0.1) is 0 Å². The molecule has 0 amide bonds. The molecule has 0 aromatic heterocycles. The summed E-state index contributed by atoms with van der Waals surface area (Å²) in [5.74, 6) is -1.46. The molecular formula is C2H2Cl3IO2. The lowest BCUT2D eigenvalue weighted by Gasteiger charge is -1.99. The number of carboxylic acid groups (broad SMARTS) is 1. The van der Waals surface area contributed by atoms with Crippen LogP contribution in [0.3, 0.4) is 0 Å². The average Bonchev–Trinajstić information content (AvgIpc) is 1.31. The summed E-state index contributed by atoms with van der Waals surface area (Å²) < 4.78 is -2.17. The Kier molecular flexibility index (Phi) is 5.88. The topological polar surface area (TPSA) is 37.3 Å². The summed E-state index contributed by atoms with van der Waals surface area (Å²) in [5.41, 5.74) is 0. The first-order chi connectivity index (χ1) is 2.94. The minimum absolute atomic E-state index is 0. The van der Waals surface area contributed by atoms with Crippen LogP contribution in [0.4, 0.5) is 0 Å². The monoisotopic (exact) mass is 290 g/mol. The third-order valence-corrected chi connectivity index (χ3v) is 0.728. The second-order valence-electron chi connectivity index (χ2n) is 0.803. The average molecular weight is 291 g/mol. The van der Waals surface area contributed by atoms with Crippen LogP contribution in [-0.2, 0) is 4.79 Å². The van der Waals surface area contributed by atoms with Gasteiger partial charge < -0.3 is 5.11 Å². The number of halogens is 4. The molecule has 0 rings (SSSR count). The molecule has 0 unspecified atom stereocenters. The Bertz CT molecular complexity index is 87.8. The number of carboxylic acids is 1. The van der Waals surface area contributed by atoms with Crippen molar-refractivity contribution in [2.24, 2.45) is 0 Å². The highest BCUT2D eigenvalue weighted by molar-refractivity contribution is 14.0. The van der Waals surface area contributed by atoms with Crippen molar-refractivity contribution in [2.75, 3.05) is 0 Å². The highest BCUT2D eigenvalue weighted by Crippen LogP contribution is 2.25. The van der Waals surface area contributed by atoms with Crippen molar-refractivity contribution in [3.8, 4) is 0 Å². The Morgan fingerprint density at radius 1 is 1.38 bits per heavy atom. The van der Waals surface area contributed by atoms with Gasteiger partial charge in [-0.2, -0.15) is 0 Å². The number of carbonyl (C=O) groups is 1. The molecule has 0 aliphatic rings. The predicted octanol–water partition coefficient (Wildman–Crippen LogP) is 2.06. The number of aliphatic carboxylic acids is 1. The largest absolute Gasteiger partial charge is 0.478 e. The number of rotatable bonds is 0. The van der Waals surface area contributed by atoms with Crippen LogP contribution in [0.1, 0.15) is 0 Å². The van der Waals surface area contributed by atoms with Gasteiger partial charge in [-0.3, -0.25) is 0 Å². The molecule has 0 radical (unpaired) electrons. The zero-order valence-corrected chi connectivity index (χ0v) is 8.00. The summed E-state index contributed by atoms with van der Waals surface area (Å²) in [4.78, 5) is 9.62. The van der Waals surface area contributed by atoms with E-state index in [9.17, 15) is 4.79 Å². The van der Waals surface area contributed by atoms with Crippen molar-refractivity contribution in [1.29, 1.82) is 0 Å². The molecule has 1 N–H and O–H groups in total. The van der Waals surface area contributed by atoms with Crippen LogP contribution in [0.25, 0.3) is 0 Å². The lowest BCUT2D eigenvalue weighted by atomic mass is 10.8. The molecule has 0 fully saturated rings. The molecule has 0 aromatic rings. The summed E-state index contributed by atoms with van der Waals surface area (Å²) in [5, 5.41) is 7.85. The van der Waals surface area contributed by atoms with E-state index in [1.54, 1.807) is 0 Å². The van der Waals surface area contributed by atoms with Gasteiger partial charge in [-0.1, -0.05) is 34.8 Å². The Balaban J connectivity index is 0. The maximum Gasteiger partial charge on any atom is 0.356 e. The van der Waals surface area contributed by atoms with Gasteiger partial charge in [-0.15, -0.1) is 24.0 Å². The normalized spacial score (nSPS) is 9.88. The van der Waals surface area contributed by atoms with Crippen molar-refractivity contribution in [1.82, 2.24) is 0 Å². The standard InChI is InChI=1S/C2HCl3O2.HI/c3-2(4,5)1(6)7;/h(H,6,7);1H. The Morgan fingerprint density at radius 3 is 1.50 bits per heavy atom. The highest BCUT2D eigenvalue weighted by atomic mass is 127. The smallest absolute Gasteiger partial charge is 0.356 e. The molecule has 0 aliphatic heterocycles. The maximum atomic E-state index is 9.62. The first kappa shape index (κ1) is 11.8. The third kappa shape index (κ3) is 5.21. The number of hydrogen-bond donors (Lipinski definition) is 1. The van der Waals surface area contributed by atoms with Crippen LogP contribution in [0.2, 0.25) is 0 Å². The van der Waals surface area contributed by atoms with E-state index in [2.05, 4.69) is 0 Å². The predicted molar refractivity (Wildman–Crippen MR) is 43.3 cm³/mol. The van der Waals surface area contributed by atoms with Crippen molar-refractivity contribution < 1.29 is 9.90 Å². The summed E-state index contributed by atoms with van der Waals surface area (Å²) in [6.07, 6.45) is 0. The Hall–Kier alpha value is 1.07. The fourth-order valence-electron chi connectivity index (χ4n) is 0. The summed E-state index contributed by atoms with van der Waals surface area (Å²) >= 11 is 14.4. The van der Waals surface area contributed by atoms with Crippen LogP contribution in [-0.4, -0.2) is 14.9 Å². The van der Waals surface area contributed by atoms with E-state index in [1.807, 2.05) is 0 Å². The second-order valence-corrected chi connectivity index (χ2v) is 3.08. The second kappa shape index (κ2) is 3.98. The van der Waals surface area contributed by atoms with Gasteiger partial charge in [-0.05, 0) is 0 Å². The van der Waals surface area contributed by atoms with E-state index in [0.717, 1.165) is 0 Å². The molecule has 6 heteroatoms. The van der Waals surface area contributed by atoms with Gasteiger partial charge in [0.1, 0.15) is 0 Å². The minimum Gasteiger partial charge on any atom is -0.478 e. The summed E-state index contributed by atoms with van der Waals surface area (Å²) in [6.45, 7) is 0. The first-order valence-corrected chi connectivity index (χ1v) is 2.38. The summed E-state index contributed by atoms with van der Waals surface area (Å²) in [7, 11) is 0. The van der Waals surface area contributed by atoms with Crippen LogP contribution in [0.5, 0.6) is 0 Å². The van der Waals surface area contributed by atoms with Crippen molar-refractivity contribution in [3.05, 3.63) is 0 Å². The molecule has 0 saturated carbocycles. The first-order valence-electron chi connectivity index (χ1n) is 1.24. The minimum atomic E-state index is -2.17. The lowest BCUT2D eigenvalue weighted by Crippen LogP contribution is -2.16. The SMILES string of the molecule is I.O=C(O)C(Cl)(Cl)Cl. The number of alkyl halides is 3. The van der Waals surface area contributed by atoms with Crippen molar-refractivity contribution in [3.63, 3.8) is 0 Å².